The third-order valence-electron chi connectivity index (χ3n) is 7.68. The first-order valence-electron chi connectivity index (χ1n) is 15.8. The number of hydrogen-bond acceptors (Lipinski definition) is 4. The third-order valence-corrected chi connectivity index (χ3v) is 7.68. The molecule has 6 nitrogen and oxygen atoms in total. The molecule has 0 aliphatic heterocycles. The van der Waals surface area contributed by atoms with E-state index in [1.807, 2.05) is 0 Å². The first kappa shape index (κ1) is 34.2. The van der Waals surface area contributed by atoms with Crippen molar-refractivity contribution in [2.45, 2.75) is 72.1 Å². The SMILES string of the molecule is CCCCCC(=O)c1ccc(C(=O)NCCC[N+](C)(C)Cc2ccc(COCCOCc3ccc(CC)cc3)cc2)cc1. The monoisotopic (exact) mass is 587 g/mol. The molecule has 0 unspecified atom stereocenters. The molecule has 6 heteroatoms. The molecule has 0 bridgehead atoms. The minimum absolute atomic E-state index is 0.0960. The van der Waals surface area contributed by atoms with E-state index in [4.69, 9.17) is 9.47 Å². The van der Waals surface area contributed by atoms with Crippen LogP contribution in [0.5, 0.6) is 0 Å². The van der Waals surface area contributed by atoms with Crippen molar-refractivity contribution in [3.63, 3.8) is 0 Å². The zero-order valence-corrected chi connectivity index (χ0v) is 26.7. The number of ketones is 1. The standard InChI is InChI=1S/C37H50N2O4/c1-5-7-8-10-36(40)34-19-21-35(22-20-34)37(41)38-23-9-24-39(3,4)27-31-13-17-33(18-14-31)29-43-26-25-42-28-32-15-11-30(6-2)12-16-32/h11-22H,5-10,23-29H2,1-4H3/p+1. The van der Waals surface area contributed by atoms with Gasteiger partial charge in [0.1, 0.15) is 6.54 Å². The number of hydrogen-bond donors (Lipinski definition) is 1. The number of carbonyl (C=O) groups excluding carboxylic acids is 2. The number of benzene rings is 3. The smallest absolute Gasteiger partial charge is 0.251 e. The van der Waals surface area contributed by atoms with E-state index in [-0.39, 0.29) is 11.7 Å². The molecule has 0 saturated heterocycles. The molecule has 1 amide bonds. The maximum Gasteiger partial charge on any atom is 0.251 e. The molecule has 0 aliphatic carbocycles. The van der Waals surface area contributed by atoms with Gasteiger partial charge in [0.15, 0.2) is 5.78 Å². The van der Waals surface area contributed by atoms with Gasteiger partial charge in [-0.2, -0.15) is 0 Å². The van der Waals surface area contributed by atoms with Gasteiger partial charge in [0.05, 0.1) is 47.1 Å². The summed E-state index contributed by atoms with van der Waals surface area (Å²) in [4.78, 5) is 24.8. The maximum atomic E-state index is 12.6. The normalized spacial score (nSPS) is 11.4. The van der Waals surface area contributed by atoms with Crippen molar-refractivity contribution in [1.82, 2.24) is 5.32 Å². The Kier molecular flexibility index (Phi) is 14.6. The molecule has 0 aliphatic rings. The van der Waals surface area contributed by atoms with Gasteiger partial charge in [-0.05, 0) is 41.7 Å². The van der Waals surface area contributed by atoms with E-state index in [9.17, 15) is 9.59 Å². The summed E-state index contributed by atoms with van der Waals surface area (Å²) < 4.78 is 12.4. The molecule has 3 aromatic rings. The van der Waals surface area contributed by atoms with E-state index in [1.165, 1.54) is 16.7 Å². The molecule has 0 radical (unpaired) electrons. The lowest BCUT2D eigenvalue weighted by atomic mass is 10.0. The minimum Gasteiger partial charge on any atom is -0.374 e. The second kappa shape index (κ2) is 18.4. The van der Waals surface area contributed by atoms with Crippen LogP contribution in [-0.2, 0) is 35.7 Å². The van der Waals surface area contributed by atoms with Crippen LogP contribution in [0.25, 0.3) is 0 Å². The number of rotatable bonds is 20. The zero-order valence-electron chi connectivity index (χ0n) is 26.7. The van der Waals surface area contributed by atoms with Crippen molar-refractivity contribution in [1.29, 1.82) is 0 Å². The summed E-state index contributed by atoms with van der Waals surface area (Å²) >= 11 is 0. The number of carbonyl (C=O) groups is 2. The lowest BCUT2D eigenvalue weighted by molar-refractivity contribution is -0.903. The second-order valence-corrected chi connectivity index (χ2v) is 12.0. The number of unbranched alkanes of at least 4 members (excludes halogenated alkanes) is 2. The fourth-order valence-electron chi connectivity index (χ4n) is 4.98. The van der Waals surface area contributed by atoms with Crippen LogP contribution >= 0.6 is 0 Å². The van der Waals surface area contributed by atoms with Crippen LogP contribution in [0.2, 0.25) is 0 Å². The number of quaternary nitrogens is 1. The molecule has 3 aromatic carbocycles. The van der Waals surface area contributed by atoms with Crippen molar-refractivity contribution >= 4 is 11.7 Å². The summed E-state index contributed by atoms with van der Waals surface area (Å²) in [5, 5.41) is 3.02. The van der Waals surface area contributed by atoms with Gasteiger partial charge < -0.3 is 19.3 Å². The molecule has 0 spiro atoms. The van der Waals surface area contributed by atoms with Crippen molar-refractivity contribution < 1.29 is 23.5 Å². The number of nitrogens with zero attached hydrogens (tertiary/aromatic N) is 1. The Labute approximate surface area is 259 Å². The van der Waals surface area contributed by atoms with Crippen LogP contribution in [0.1, 0.15) is 88.9 Å². The molecule has 232 valence electrons. The van der Waals surface area contributed by atoms with E-state index in [0.717, 1.165) is 55.2 Å². The number of amides is 1. The minimum atomic E-state index is -0.0960. The third kappa shape index (κ3) is 12.8. The maximum absolute atomic E-state index is 12.6. The van der Waals surface area contributed by atoms with E-state index in [1.54, 1.807) is 24.3 Å². The number of aryl methyl sites for hydroxylation is 1. The van der Waals surface area contributed by atoms with Gasteiger partial charge in [0.25, 0.3) is 5.91 Å². The summed E-state index contributed by atoms with van der Waals surface area (Å²) in [7, 11) is 4.43. The Balaban J connectivity index is 1.29. The molecule has 0 aromatic heterocycles. The average Bonchev–Trinajstić information content (AvgIpc) is 3.02. The lowest BCUT2D eigenvalue weighted by Gasteiger charge is -2.30. The second-order valence-electron chi connectivity index (χ2n) is 12.0. The number of Topliss-reactive ketones (excluding diaryl/α,β-unsaturated/α-hetero) is 1. The van der Waals surface area contributed by atoms with Gasteiger partial charge >= 0.3 is 0 Å². The molecule has 3 rings (SSSR count). The molecular formula is C37H51N2O4+. The topological polar surface area (TPSA) is 64.6 Å². The van der Waals surface area contributed by atoms with Gasteiger partial charge in [-0.25, -0.2) is 0 Å². The van der Waals surface area contributed by atoms with E-state index >= 15 is 0 Å². The molecular weight excluding hydrogens is 536 g/mol. The van der Waals surface area contributed by atoms with Crippen molar-refractivity contribution in [2.75, 3.05) is 40.4 Å². The Morgan fingerprint density at radius 2 is 1.21 bits per heavy atom. The highest BCUT2D eigenvalue weighted by molar-refractivity contribution is 5.98. The van der Waals surface area contributed by atoms with Gasteiger partial charge in [0, 0.05) is 36.1 Å². The van der Waals surface area contributed by atoms with Gasteiger partial charge in [-0.1, -0.05) is 87.4 Å². The Morgan fingerprint density at radius 1 is 0.674 bits per heavy atom. The highest BCUT2D eigenvalue weighted by Gasteiger charge is 2.16. The van der Waals surface area contributed by atoms with Gasteiger partial charge in [-0.15, -0.1) is 0 Å². The molecule has 1 N–H and O–H groups in total. The highest BCUT2D eigenvalue weighted by atomic mass is 16.5. The van der Waals surface area contributed by atoms with Crippen LogP contribution in [0.4, 0.5) is 0 Å². The quantitative estimate of drug-likeness (QED) is 0.0867. The van der Waals surface area contributed by atoms with Gasteiger partial charge in [-0.3, -0.25) is 9.59 Å². The number of ether oxygens (including phenoxy) is 2. The molecule has 0 atom stereocenters. The molecule has 0 fully saturated rings. The highest BCUT2D eigenvalue weighted by Crippen LogP contribution is 2.14. The average molecular weight is 588 g/mol. The first-order valence-corrected chi connectivity index (χ1v) is 15.8. The lowest BCUT2D eigenvalue weighted by Crippen LogP contribution is -2.41. The van der Waals surface area contributed by atoms with Gasteiger partial charge in [0.2, 0.25) is 0 Å². The Hall–Kier alpha value is -3.32. The Morgan fingerprint density at radius 3 is 1.77 bits per heavy atom. The fraction of sp³-hybridized carbons (Fsp3) is 0.459. The summed E-state index contributed by atoms with van der Waals surface area (Å²) in [5.74, 6) is 0.0512. The molecule has 0 saturated carbocycles. The first-order chi connectivity index (χ1) is 20.8. The van der Waals surface area contributed by atoms with Crippen LogP contribution in [0.3, 0.4) is 0 Å². The molecule has 0 heterocycles. The number of nitrogens with one attached hydrogen (secondary N) is 1. The van der Waals surface area contributed by atoms with Crippen LogP contribution < -0.4 is 5.32 Å². The Bertz CT molecular complexity index is 1240. The predicted molar refractivity (Wildman–Crippen MR) is 174 cm³/mol. The van der Waals surface area contributed by atoms with E-state index in [2.05, 4.69) is 81.8 Å². The van der Waals surface area contributed by atoms with Crippen molar-refractivity contribution in [3.8, 4) is 0 Å². The van der Waals surface area contributed by atoms with Crippen molar-refractivity contribution in [2.24, 2.45) is 0 Å². The van der Waals surface area contributed by atoms with Crippen molar-refractivity contribution in [3.05, 3.63) is 106 Å². The predicted octanol–water partition coefficient (Wildman–Crippen LogP) is 7.14. The van der Waals surface area contributed by atoms with Crippen LogP contribution in [0.15, 0.2) is 72.8 Å². The largest absolute Gasteiger partial charge is 0.374 e. The van der Waals surface area contributed by atoms with E-state index in [0.29, 0.717) is 50.5 Å². The summed E-state index contributed by atoms with van der Waals surface area (Å²) in [6.07, 6.45) is 5.58. The van der Waals surface area contributed by atoms with Crippen LogP contribution in [0, 0.1) is 0 Å². The fourth-order valence-corrected chi connectivity index (χ4v) is 4.98. The summed E-state index contributed by atoms with van der Waals surface area (Å²) in [6.45, 7) is 9.08. The zero-order chi connectivity index (χ0) is 30.9. The van der Waals surface area contributed by atoms with Crippen LogP contribution in [-0.4, -0.2) is 56.6 Å². The van der Waals surface area contributed by atoms with E-state index < -0.39 is 0 Å². The molecule has 43 heavy (non-hydrogen) atoms. The summed E-state index contributed by atoms with van der Waals surface area (Å²) in [6, 6.07) is 24.2. The summed E-state index contributed by atoms with van der Waals surface area (Å²) in [5.41, 5.74) is 6.23.